The molecule has 0 radical (unpaired) electrons. The Morgan fingerprint density at radius 1 is 0.419 bits per heavy atom. The lowest BCUT2D eigenvalue weighted by molar-refractivity contribution is -0.870. The molecule has 0 heterocycles. The number of hydrogen-bond acceptors (Lipinski definition) is 7. The molecule has 0 aromatic heterocycles. The minimum atomic E-state index is -4.71. The minimum Gasteiger partial charge on any atom is -0.756 e. The van der Waals surface area contributed by atoms with Crippen LogP contribution in [0.25, 0.3) is 0 Å². The monoisotopic (exact) mass is 1220 g/mol. The van der Waals surface area contributed by atoms with E-state index in [0.29, 0.717) is 23.9 Å². The van der Waals surface area contributed by atoms with Gasteiger partial charge in [-0.05, 0) is 109 Å². The van der Waals surface area contributed by atoms with Crippen LogP contribution in [0.2, 0.25) is 0 Å². The van der Waals surface area contributed by atoms with E-state index < -0.39 is 26.6 Å². The Labute approximate surface area is 532 Å². The molecule has 0 aromatic rings. The number of nitrogens with zero attached hydrogens (tertiary/aromatic N) is 1. The standard InChI is InChI=1S/C76H137N2O7P/c1-7-10-13-16-19-22-25-28-30-32-34-36-38-39-41-42-44-46-48-50-53-56-59-62-65-68-75(79)77-73(72-84-86(81,82)83-71-70-78(4,5)6)74(67-64-61-58-55-52-27-24-21-18-15-12-9-3)85-76(80)69-66-63-60-57-54-51-49-47-45-43-40-37-35-33-31-29-26-23-20-17-14-11-8-2/h11,14,19-20,22-23,28-31,35,37,43,45,64,67,73-74H,7-10,12-13,15-18,21,24-27,32-34,36,38-42,44,46-63,65-66,68-72H2,1-6H3,(H-,77,79,81,82)/b14-11-,22-19-,23-20-,30-28-,31-29-,37-35-,45-43-,67-64+. The predicted molar refractivity (Wildman–Crippen MR) is 371 cm³/mol. The second-order valence-electron chi connectivity index (χ2n) is 25.4. The van der Waals surface area contributed by atoms with E-state index >= 15 is 0 Å². The molecule has 0 aliphatic rings. The number of esters is 1. The number of carbonyl (C=O) groups excluding carboxylic acids is 2. The van der Waals surface area contributed by atoms with Crippen LogP contribution in [-0.2, 0) is 27.9 Å². The first-order chi connectivity index (χ1) is 41.9. The van der Waals surface area contributed by atoms with E-state index in [1.54, 1.807) is 0 Å². The summed E-state index contributed by atoms with van der Waals surface area (Å²) in [5.74, 6) is -0.548. The summed E-state index contributed by atoms with van der Waals surface area (Å²) < 4.78 is 30.5. The number of likely N-dealkylation sites (N-methyl/N-ethyl adjacent to an activating group) is 1. The van der Waals surface area contributed by atoms with Gasteiger partial charge in [-0.1, -0.05) is 298 Å². The summed E-state index contributed by atoms with van der Waals surface area (Å²) in [4.78, 5) is 40.2. The maximum absolute atomic E-state index is 13.6. The summed E-state index contributed by atoms with van der Waals surface area (Å²) in [6, 6.07) is -0.899. The van der Waals surface area contributed by atoms with Crippen molar-refractivity contribution in [2.75, 3.05) is 40.9 Å². The molecule has 498 valence electrons. The molecule has 0 fully saturated rings. The number of phosphoric acid groups is 1. The van der Waals surface area contributed by atoms with E-state index in [1.807, 2.05) is 33.3 Å². The third-order valence-corrected chi connectivity index (χ3v) is 16.7. The van der Waals surface area contributed by atoms with Crippen molar-refractivity contribution in [3.8, 4) is 0 Å². The third kappa shape index (κ3) is 65.4. The number of amides is 1. The van der Waals surface area contributed by atoms with Crippen LogP contribution in [0.15, 0.2) is 97.2 Å². The summed E-state index contributed by atoms with van der Waals surface area (Å²) in [5, 5.41) is 3.04. The van der Waals surface area contributed by atoms with Gasteiger partial charge in [0.2, 0.25) is 5.91 Å². The minimum absolute atomic E-state index is 0.0272. The van der Waals surface area contributed by atoms with E-state index in [0.717, 1.165) is 103 Å². The highest BCUT2D eigenvalue weighted by molar-refractivity contribution is 7.45. The average Bonchev–Trinajstić information content (AvgIpc) is 3.69. The fourth-order valence-corrected chi connectivity index (χ4v) is 11.0. The van der Waals surface area contributed by atoms with Crippen LogP contribution in [0.3, 0.4) is 0 Å². The smallest absolute Gasteiger partial charge is 0.306 e. The first kappa shape index (κ1) is 82.9. The first-order valence-corrected chi connectivity index (χ1v) is 37.5. The Kier molecular flexibility index (Phi) is 62.6. The van der Waals surface area contributed by atoms with Gasteiger partial charge in [-0.2, -0.15) is 0 Å². The number of phosphoric ester groups is 1. The van der Waals surface area contributed by atoms with Crippen LogP contribution >= 0.6 is 7.82 Å². The maximum Gasteiger partial charge on any atom is 0.306 e. The molecule has 0 spiro atoms. The van der Waals surface area contributed by atoms with Crippen LogP contribution < -0.4 is 10.2 Å². The van der Waals surface area contributed by atoms with Crippen molar-refractivity contribution >= 4 is 19.7 Å². The Morgan fingerprint density at radius 2 is 0.744 bits per heavy atom. The van der Waals surface area contributed by atoms with E-state index in [9.17, 15) is 19.0 Å². The molecule has 0 rings (SSSR count). The van der Waals surface area contributed by atoms with Crippen LogP contribution in [0.1, 0.15) is 323 Å². The zero-order valence-electron chi connectivity index (χ0n) is 57.0. The van der Waals surface area contributed by atoms with E-state index in [4.69, 9.17) is 13.8 Å². The molecule has 0 aliphatic heterocycles. The first-order valence-electron chi connectivity index (χ1n) is 36.0. The lowest BCUT2D eigenvalue weighted by Crippen LogP contribution is -2.47. The van der Waals surface area contributed by atoms with Gasteiger partial charge in [0.1, 0.15) is 19.3 Å². The van der Waals surface area contributed by atoms with Gasteiger partial charge in [0.15, 0.2) is 0 Å². The van der Waals surface area contributed by atoms with Crippen molar-refractivity contribution in [1.29, 1.82) is 0 Å². The molecular weight excluding hydrogens is 1080 g/mol. The fraction of sp³-hybridized carbons (Fsp3) is 0.763. The summed E-state index contributed by atoms with van der Waals surface area (Å²) in [7, 11) is 1.18. The van der Waals surface area contributed by atoms with Gasteiger partial charge in [0.05, 0.1) is 33.8 Å². The van der Waals surface area contributed by atoms with Crippen LogP contribution in [0.4, 0.5) is 0 Å². The van der Waals surface area contributed by atoms with Crippen LogP contribution in [0.5, 0.6) is 0 Å². The number of quaternary nitrogens is 1. The summed E-state index contributed by atoms with van der Waals surface area (Å²) in [6.45, 7) is 6.72. The molecule has 1 amide bonds. The number of ether oxygens (including phenoxy) is 1. The number of hydrogen-bond donors (Lipinski definition) is 1. The highest BCUT2D eigenvalue weighted by atomic mass is 31.2. The van der Waals surface area contributed by atoms with Gasteiger partial charge in [0, 0.05) is 12.8 Å². The average molecular weight is 1220 g/mol. The van der Waals surface area contributed by atoms with Crippen molar-refractivity contribution in [3.63, 3.8) is 0 Å². The van der Waals surface area contributed by atoms with Gasteiger partial charge < -0.3 is 28.5 Å². The fourth-order valence-electron chi connectivity index (χ4n) is 10.2. The lowest BCUT2D eigenvalue weighted by atomic mass is 10.0. The molecule has 9 nitrogen and oxygen atoms in total. The Balaban J connectivity index is 5.07. The number of nitrogens with one attached hydrogen (secondary N) is 1. The quantitative estimate of drug-likeness (QED) is 0.0212. The van der Waals surface area contributed by atoms with E-state index in [2.05, 4.69) is 111 Å². The second-order valence-corrected chi connectivity index (χ2v) is 26.8. The number of allylic oxidation sites excluding steroid dienone is 15. The van der Waals surface area contributed by atoms with Gasteiger partial charge in [0.25, 0.3) is 7.82 Å². The largest absolute Gasteiger partial charge is 0.756 e. The summed E-state index contributed by atoms with van der Waals surface area (Å²) >= 11 is 0. The maximum atomic E-state index is 13.6. The summed E-state index contributed by atoms with van der Waals surface area (Å²) in [6.07, 6.45) is 88.1. The van der Waals surface area contributed by atoms with Crippen molar-refractivity contribution in [2.45, 2.75) is 335 Å². The number of rotatable bonds is 65. The molecule has 0 aromatic carbocycles. The number of unbranched alkanes of at least 4 members (excludes halogenated alkanes) is 35. The van der Waals surface area contributed by atoms with Crippen LogP contribution in [-0.4, -0.2) is 69.4 Å². The van der Waals surface area contributed by atoms with Crippen molar-refractivity contribution < 1.29 is 37.3 Å². The second kappa shape index (κ2) is 64.9. The molecule has 0 bridgehead atoms. The molecule has 3 unspecified atom stereocenters. The lowest BCUT2D eigenvalue weighted by Gasteiger charge is -2.30. The molecule has 10 heteroatoms. The molecule has 1 N–H and O–H groups in total. The molecular formula is C76H137N2O7P. The Bertz CT molecular complexity index is 1790. The Hall–Kier alpha value is -3.07. The molecule has 0 saturated heterocycles. The van der Waals surface area contributed by atoms with Gasteiger partial charge in [-0.15, -0.1) is 0 Å². The molecule has 86 heavy (non-hydrogen) atoms. The topological polar surface area (TPSA) is 114 Å². The number of carbonyl (C=O) groups is 2. The third-order valence-electron chi connectivity index (χ3n) is 15.7. The van der Waals surface area contributed by atoms with Crippen molar-refractivity contribution in [3.05, 3.63) is 97.2 Å². The normalized spacial score (nSPS) is 14.1. The molecule has 0 aliphatic carbocycles. The molecule has 0 saturated carbocycles. The Morgan fingerprint density at radius 3 is 1.14 bits per heavy atom. The zero-order valence-corrected chi connectivity index (χ0v) is 57.9. The van der Waals surface area contributed by atoms with Gasteiger partial charge in [-0.25, -0.2) is 0 Å². The van der Waals surface area contributed by atoms with Gasteiger partial charge in [-0.3, -0.25) is 14.2 Å². The van der Waals surface area contributed by atoms with Crippen molar-refractivity contribution in [1.82, 2.24) is 5.32 Å². The highest BCUT2D eigenvalue weighted by Gasteiger charge is 2.27. The summed E-state index contributed by atoms with van der Waals surface area (Å²) in [5.41, 5.74) is 0. The van der Waals surface area contributed by atoms with Gasteiger partial charge >= 0.3 is 5.97 Å². The zero-order chi connectivity index (χ0) is 62.8. The van der Waals surface area contributed by atoms with Crippen molar-refractivity contribution in [2.24, 2.45) is 0 Å². The predicted octanol–water partition coefficient (Wildman–Crippen LogP) is 22.4. The van der Waals surface area contributed by atoms with E-state index in [1.165, 1.54) is 180 Å². The molecule has 3 atom stereocenters. The highest BCUT2D eigenvalue weighted by Crippen LogP contribution is 2.38. The SMILES string of the molecule is CC/C=C\C/C=C\C/C=C\C/C=C\C/C=C\CCCCCCCCCC(=O)OC(/C=C/CCCCCCCCCCCC)C(COP(=O)([O-])OCC[N+](C)(C)C)NC(=O)CCCCCCCCCCCCCCCCC/C=C\C/C=C\CCCCC. The van der Waals surface area contributed by atoms with E-state index in [-0.39, 0.29) is 24.9 Å². The van der Waals surface area contributed by atoms with Crippen LogP contribution in [0, 0.1) is 0 Å².